The molecule has 1 aliphatic heterocycles. The van der Waals surface area contributed by atoms with Crippen molar-refractivity contribution >= 4 is 0 Å². The van der Waals surface area contributed by atoms with Crippen LogP contribution in [0.5, 0.6) is 0 Å². The highest BCUT2D eigenvalue weighted by Crippen LogP contribution is 2.30. The highest BCUT2D eigenvalue weighted by molar-refractivity contribution is 4.83. The Balaban J connectivity index is 1.90. The van der Waals surface area contributed by atoms with Crippen molar-refractivity contribution in [2.75, 3.05) is 0 Å². The average Bonchev–Trinajstić information content (AvgIpc) is 2.22. The Bertz CT molecular complexity index is 221. The van der Waals surface area contributed by atoms with Crippen LogP contribution in [0.15, 0.2) is 0 Å². The molecule has 0 aromatic rings. The molecule has 2 aliphatic rings. The molecule has 100 valence electrons. The summed E-state index contributed by atoms with van der Waals surface area (Å²) in [6, 6.07) is 2.15. The summed E-state index contributed by atoms with van der Waals surface area (Å²) >= 11 is 0. The number of nitrogens with zero attached hydrogens (tertiary/aromatic N) is 1. The molecular weight excluding hydrogens is 208 g/mol. The quantitative estimate of drug-likeness (QED) is 0.791. The molecular formula is C15H30N2. The third kappa shape index (κ3) is 3.45. The minimum Gasteiger partial charge on any atom is -0.252 e. The van der Waals surface area contributed by atoms with Gasteiger partial charge in [-0.05, 0) is 57.8 Å². The second-order valence-electron chi connectivity index (χ2n) is 6.78. The first-order valence-electron chi connectivity index (χ1n) is 7.60. The maximum absolute atomic E-state index is 3.85. The van der Waals surface area contributed by atoms with Crippen LogP contribution >= 0.6 is 0 Å². The molecule has 0 aromatic carbocycles. The Hall–Kier alpha value is -0.0800. The summed E-state index contributed by atoms with van der Waals surface area (Å²) < 4.78 is 0. The number of piperidine rings is 1. The minimum absolute atomic E-state index is 0.714. The van der Waals surface area contributed by atoms with Gasteiger partial charge in [-0.15, -0.1) is 0 Å². The van der Waals surface area contributed by atoms with Crippen molar-refractivity contribution in [1.29, 1.82) is 0 Å². The molecule has 0 spiro atoms. The molecule has 0 amide bonds. The molecule has 4 unspecified atom stereocenters. The van der Waals surface area contributed by atoms with E-state index in [1.165, 1.54) is 38.5 Å². The predicted molar refractivity (Wildman–Crippen MR) is 73.7 cm³/mol. The van der Waals surface area contributed by atoms with Crippen molar-refractivity contribution < 1.29 is 0 Å². The van der Waals surface area contributed by atoms with Gasteiger partial charge in [0.05, 0.1) is 0 Å². The summed E-state index contributed by atoms with van der Waals surface area (Å²) in [6.07, 6.45) is 8.26. The van der Waals surface area contributed by atoms with Gasteiger partial charge >= 0.3 is 0 Å². The molecule has 2 heteroatoms. The van der Waals surface area contributed by atoms with E-state index in [9.17, 15) is 0 Å². The van der Waals surface area contributed by atoms with Gasteiger partial charge in [-0.3, -0.25) is 5.43 Å². The maximum atomic E-state index is 3.85. The first kappa shape index (κ1) is 13.4. The molecule has 0 radical (unpaired) electrons. The minimum atomic E-state index is 0.714. The van der Waals surface area contributed by atoms with Crippen molar-refractivity contribution in [3.8, 4) is 0 Å². The lowest BCUT2D eigenvalue weighted by Crippen LogP contribution is -2.56. The molecule has 1 N–H and O–H groups in total. The van der Waals surface area contributed by atoms with Crippen LogP contribution in [0.3, 0.4) is 0 Å². The van der Waals surface area contributed by atoms with Crippen LogP contribution in [-0.2, 0) is 0 Å². The third-order valence-corrected chi connectivity index (χ3v) is 4.70. The molecule has 0 bridgehead atoms. The van der Waals surface area contributed by atoms with Gasteiger partial charge in [0.15, 0.2) is 0 Å². The van der Waals surface area contributed by atoms with E-state index in [4.69, 9.17) is 0 Å². The van der Waals surface area contributed by atoms with Crippen molar-refractivity contribution in [2.45, 2.75) is 84.3 Å². The molecule has 1 saturated carbocycles. The zero-order chi connectivity index (χ0) is 12.4. The van der Waals surface area contributed by atoms with Crippen molar-refractivity contribution in [3.05, 3.63) is 0 Å². The molecule has 1 heterocycles. The van der Waals surface area contributed by atoms with Crippen molar-refractivity contribution in [3.63, 3.8) is 0 Å². The fourth-order valence-corrected chi connectivity index (χ4v) is 3.94. The summed E-state index contributed by atoms with van der Waals surface area (Å²) in [5.74, 6) is 1.79. The monoisotopic (exact) mass is 238 g/mol. The van der Waals surface area contributed by atoms with Crippen LogP contribution in [-0.4, -0.2) is 23.1 Å². The van der Waals surface area contributed by atoms with Crippen molar-refractivity contribution in [2.24, 2.45) is 11.8 Å². The van der Waals surface area contributed by atoms with E-state index in [0.717, 1.165) is 17.9 Å². The van der Waals surface area contributed by atoms with Crippen LogP contribution < -0.4 is 5.43 Å². The summed E-state index contributed by atoms with van der Waals surface area (Å²) in [4.78, 5) is 0. The molecule has 2 nitrogen and oxygen atoms in total. The molecule has 4 atom stereocenters. The van der Waals surface area contributed by atoms with E-state index in [1.54, 1.807) is 0 Å². The molecule has 1 aliphatic carbocycles. The Labute approximate surface area is 107 Å². The SMILES string of the molecule is CC1CC(C)CC(NN2C(C)CCCC2C)C1. The van der Waals surface area contributed by atoms with E-state index in [0.29, 0.717) is 12.1 Å². The van der Waals surface area contributed by atoms with E-state index in [1.807, 2.05) is 0 Å². The topological polar surface area (TPSA) is 15.3 Å². The van der Waals surface area contributed by atoms with Gasteiger partial charge < -0.3 is 0 Å². The Morgan fingerprint density at radius 2 is 1.35 bits per heavy atom. The van der Waals surface area contributed by atoms with Crippen LogP contribution in [0.2, 0.25) is 0 Å². The third-order valence-electron chi connectivity index (χ3n) is 4.70. The molecule has 2 fully saturated rings. The van der Waals surface area contributed by atoms with Crippen molar-refractivity contribution in [1.82, 2.24) is 10.4 Å². The molecule has 1 saturated heterocycles. The second kappa shape index (κ2) is 5.71. The number of hydrogen-bond acceptors (Lipinski definition) is 2. The highest BCUT2D eigenvalue weighted by Gasteiger charge is 2.30. The second-order valence-corrected chi connectivity index (χ2v) is 6.78. The molecule has 17 heavy (non-hydrogen) atoms. The zero-order valence-corrected chi connectivity index (χ0v) is 12.1. The van der Waals surface area contributed by atoms with Crippen LogP contribution in [0, 0.1) is 11.8 Å². The number of nitrogens with one attached hydrogen (secondary N) is 1. The summed E-state index contributed by atoms with van der Waals surface area (Å²) in [7, 11) is 0. The summed E-state index contributed by atoms with van der Waals surface area (Å²) in [5.41, 5.74) is 3.85. The maximum Gasteiger partial charge on any atom is 0.0220 e. The average molecular weight is 238 g/mol. The fourth-order valence-electron chi connectivity index (χ4n) is 3.94. The summed E-state index contributed by atoms with van der Waals surface area (Å²) in [6.45, 7) is 9.57. The number of hydrazine groups is 1. The summed E-state index contributed by atoms with van der Waals surface area (Å²) in [5, 5.41) is 2.55. The van der Waals surface area contributed by atoms with E-state index in [-0.39, 0.29) is 0 Å². The highest BCUT2D eigenvalue weighted by atomic mass is 15.5. The van der Waals surface area contributed by atoms with E-state index >= 15 is 0 Å². The number of rotatable bonds is 2. The van der Waals surface area contributed by atoms with Gasteiger partial charge in [-0.2, -0.15) is 0 Å². The largest absolute Gasteiger partial charge is 0.252 e. The predicted octanol–water partition coefficient (Wildman–Crippen LogP) is 3.58. The van der Waals surface area contributed by atoms with Gasteiger partial charge in [-0.1, -0.05) is 20.3 Å². The fraction of sp³-hybridized carbons (Fsp3) is 1.00. The van der Waals surface area contributed by atoms with Crippen LogP contribution in [0.4, 0.5) is 0 Å². The smallest absolute Gasteiger partial charge is 0.0220 e. The van der Waals surface area contributed by atoms with E-state index in [2.05, 4.69) is 38.1 Å². The van der Waals surface area contributed by atoms with Crippen LogP contribution in [0.1, 0.15) is 66.2 Å². The molecule has 0 aromatic heterocycles. The van der Waals surface area contributed by atoms with Gasteiger partial charge in [0, 0.05) is 18.1 Å². The lowest BCUT2D eigenvalue weighted by atomic mass is 9.80. The Kier molecular flexibility index (Phi) is 4.48. The van der Waals surface area contributed by atoms with Gasteiger partial charge in [0.25, 0.3) is 0 Å². The Morgan fingerprint density at radius 3 is 1.88 bits per heavy atom. The molecule has 2 rings (SSSR count). The normalized spacial score (nSPS) is 44.8. The van der Waals surface area contributed by atoms with E-state index < -0.39 is 0 Å². The Morgan fingerprint density at radius 1 is 0.824 bits per heavy atom. The van der Waals surface area contributed by atoms with Gasteiger partial charge in [-0.25, -0.2) is 5.01 Å². The number of hydrogen-bond donors (Lipinski definition) is 1. The van der Waals surface area contributed by atoms with Crippen LogP contribution in [0.25, 0.3) is 0 Å². The van der Waals surface area contributed by atoms with Gasteiger partial charge in [0.2, 0.25) is 0 Å². The zero-order valence-electron chi connectivity index (χ0n) is 12.1. The lowest BCUT2D eigenvalue weighted by molar-refractivity contribution is 0.0141. The first-order valence-corrected chi connectivity index (χ1v) is 7.60. The first-order chi connectivity index (χ1) is 8.06. The lowest BCUT2D eigenvalue weighted by Gasteiger charge is -2.43. The van der Waals surface area contributed by atoms with Gasteiger partial charge in [0.1, 0.15) is 0 Å². The standard InChI is InChI=1S/C15H30N2/c1-11-8-12(2)10-15(9-11)16-17-13(3)6-5-7-14(17)4/h11-16H,5-10H2,1-4H3.